The van der Waals surface area contributed by atoms with Crippen molar-refractivity contribution in [2.75, 3.05) is 5.75 Å². The number of amides is 1. The summed E-state index contributed by atoms with van der Waals surface area (Å²) in [4.78, 5) is 11.7. The number of carbonyl (C=O) groups excluding carboxylic acids is 1. The molecule has 0 saturated heterocycles. The van der Waals surface area contributed by atoms with Crippen molar-refractivity contribution in [3.8, 4) is 5.75 Å². The van der Waals surface area contributed by atoms with E-state index in [2.05, 4.69) is 4.18 Å². The van der Waals surface area contributed by atoms with Gasteiger partial charge >= 0.3 is 46.1 Å². The monoisotopic (exact) mass is 621 g/mol. The molecule has 38 heavy (non-hydrogen) atoms. The van der Waals surface area contributed by atoms with Gasteiger partial charge in [0.2, 0.25) is 0 Å². The van der Waals surface area contributed by atoms with Crippen LogP contribution in [0.25, 0.3) is 0 Å². The van der Waals surface area contributed by atoms with E-state index in [1.165, 1.54) is 26.0 Å². The quantitative estimate of drug-likeness (QED) is 0.291. The maximum atomic E-state index is 13.7. The van der Waals surface area contributed by atoms with E-state index >= 15 is 0 Å². The van der Waals surface area contributed by atoms with E-state index in [0.29, 0.717) is 5.56 Å². The van der Waals surface area contributed by atoms with Gasteiger partial charge in [0.1, 0.15) is 5.75 Å². The lowest BCUT2D eigenvalue weighted by Gasteiger charge is -2.39. The standard InChI is InChI=1S/C18H16F13NO4S2/c1-8-6-9(2)11(10(3)7-8)36-38(34,35)32-12(33)37-5-4-13(19,20)14(21,22)15(23,24)16(25,26)17(27,28)18(29,30)31/h6-7H,4-5H2,1-3H3,(H,32,33). The molecule has 0 aliphatic rings. The van der Waals surface area contributed by atoms with Gasteiger partial charge in [0.15, 0.2) is 0 Å². The number of rotatable bonds is 10. The molecule has 1 aromatic carbocycles. The lowest BCUT2D eigenvalue weighted by atomic mass is 9.93. The summed E-state index contributed by atoms with van der Waals surface area (Å²) >= 11 is -0.587. The summed E-state index contributed by atoms with van der Waals surface area (Å²) in [6.45, 7) is 4.47. The Kier molecular flexibility index (Phi) is 9.33. The van der Waals surface area contributed by atoms with Gasteiger partial charge in [-0.25, -0.2) is 4.72 Å². The summed E-state index contributed by atoms with van der Waals surface area (Å²) in [5.41, 5.74) is 1.22. The van der Waals surface area contributed by atoms with E-state index in [1.807, 2.05) is 0 Å². The van der Waals surface area contributed by atoms with E-state index in [4.69, 9.17) is 0 Å². The number of alkyl halides is 13. The van der Waals surface area contributed by atoms with Crippen molar-refractivity contribution in [2.45, 2.75) is 63.0 Å². The highest BCUT2D eigenvalue weighted by Gasteiger charge is 2.90. The number of nitrogens with one attached hydrogen (secondary N) is 1. The smallest absolute Gasteiger partial charge is 0.366 e. The molecule has 1 amide bonds. The molecule has 0 saturated carbocycles. The molecule has 0 bridgehead atoms. The van der Waals surface area contributed by atoms with Gasteiger partial charge in [0, 0.05) is 12.2 Å². The average Bonchev–Trinajstić information content (AvgIpc) is 2.68. The van der Waals surface area contributed by atoms with Crippen LogP contribution in [-0.4, -0.2) is 55.2 Å². The topological polar surface area (TPSA) is 72.5 Å². The molecule has 0 aromatic heterocycles. The lowest BCUT2D eigenvalue weighted by molar-refractivity contribution is -0.439. The average molecular weight is 621 g/mol. The van der Waals surface area contributed by atoms with Crippen LogP contribution in [-0.2, 0) is 10.3 Å². The predicted octanol–water partition coefficient (Wildman–Crippen LogP) is 6.81. The largest absolute Gasteiger partial charge is 0.460 e. The Bertz CT molecular complexity index is 1130. The van der Waals surface area contributed by atoms with Crippen LogP contribution in [0.4, 0.5) is 61.9 Å². The second kappa shape index (κ2) is 10.5. The number of thioether (sulfide) groups is 1. The normalized spacial score (nSPS) is 14.4. The zero-order chi connectivity index (χ0) is 30.3. The van der Waals surface area contributed by atoms with Crippen LogP contribution in [0.2, 0.25) is 0 Å². The van der Waals surface area contributed by atoms with Crippen molar-refractivity contribution in [3.63, 3.8) is 0 Å². The van der Waals surface area contributed by atoms with Crippen LogP contribution in [0, 0.1) is 20.8 Å². The summed E-state index contributed by atoms with van der Waals surface area (Å²) in [6, 6.07) is 2.95. The Hall–Kier alpha value is -2.12. The number of hydrogen-bond donors (Lipinski definition) is 1. The summed E-state index contributed by atoms with van der Waals surface area (Å²) in [6.07, 6.45) is -10.2. The number of aryl methyl sites for hydroxylation is 3. The third kappa shape index (κ3) is 6.36. The van der Waals surface area contributed by atoms with E-state index in [-0.39, 0.29) is 16.9 Å². The van der Waals surface area contributed by atoms with Crippen molar-refractivity contribution in [1.82, 2.24) is 4.72 Å². The van der Waals surface area contributed by atoms with Crippen LogP contribution in [0.5, 0.6) is 5.75 Å². The molecule has 1 N–H and O–H groups in total. The SMILES string of the molecule is Cc1cc(C)c(OS(=O)(=O)NC(=O)SCCC(F)(F)C(F)(F)C(F)(F)C(F)(F)C(F)(F)C(F)(F)F)c(C)c1. The number of benzene rings is 1. The Balaban J connectivity index is 2.98. The summed E-state index contributed by atoms with van der Waals surface area (Å²) in [5.74, 6) is -39.7. The van der Waals surface area contributed by atoms with Crippen LogP contribution in [0.3, 0.4) is 0 Å². The van der Waals surface area contributed by atoms with Crippen molar-refractivity contribution in [2.24, 2.45) is 0 Å². The highest BCUT2D eigenvalue weighted by Crippen LogP contribution is 2.60. The minimum absolute atomic E-state index is 0.258. The first-order valence-electron chi connectivity index (χ1n) is 9.57. The van der Waals surface area contributed by atoms with E-state index < -0.39 is 75.3 Å². The molecule has 0 aliphatic carbocycles. The fourth-order valence-electron chi connectivity index (χ4n) is 2.79. The van der Waals surface area contributed by atoms with Gasteiger partial charge < -0.3 is 4.18 Å². The van der Waals surface area contributed by atoms with E-state index in [9.17, 15) is 70.3 Å². The van der Waals surface area contributed by atoms with E-state index in [0.717, 1.165) is 4.72 Å². The van der Waals surface area contributed by atoms with Crippen molar-refractivity contribution in [1.29, 1.82) is 0 Å². The van der Waals surface area contributed by atoms with Gasteiger partial charge in [-0.15, -0.1) is 0 Å². The first-order valence-corrected chi connectivity index (χ1v) is 12.0. The molecular formula is C18H16F13NO4S2. The first kappa shape index (κ1) is 33.9. The van der Waals surface area contributed by atoms with Gasteiger partial charge in [-0.3, -0.25) is 4.79 Å². The number of hydrogen-bond acceptors (Lipinski definition) is 5. The summed E-state index contributed by atoms with van der Waals surface area (Å²) < 4.78 is 200. The molecule has 0 radical (unpaired) electrons. The zero-order valence-electron chi connectivity index (χ0n) is 18.9. The molecule has 1 rings (SSSR count). The Morgan fingerprint density at radius 1 is 0.789 bits per heavy atom. The predicted molar refractivity (Wildman–Crippen MR) is 107 cm³/mol. The molecule has 0 atom stereocenters. The Labute approximate surface area is 210 Å². The van der Waals surface area contributed by atoms with Crippen LogP contribution in [0.1, 0.15) is 23.1 Å². The molecule has 220 valence electrons. The van der Waals surface area contributed by atoms with Gasteiger partial charge in [-0.2, -0.15) is 65.5 Å². The maximum absolute atomic E-state index is 13.7. The highest BCUT2D eigenvalue weighted by molar-refractivity contribution is 8.14. The highest BCUT2D eigenvalue weighted by atomic mass is 32.2. The number of carbonyl (C=O) groups is 1. The molecule has 1 aromatic rings. The molecule has 0 aliphatic heterocycles. The first-order chi connectivity index (χ1) is 16.6. The Morgan fingerprint density at radius 3 is 1.63 bits per heavy atom. The van der Waals surface area contributed by atoms with Crippen LogP contribution >= 0.6 is 11.8 Å². The molecule has 0 spiro atoms. The van der Waals surface area contributed by atoms with Gasteiger partial charge in [-0.1, -0.05) is 29.5 Å². The van der Waals surface area contributed by atoms with Gasteiger partial charge in [-0.05, 0) is 31.9 Å². The fourth-order valence-corrected chi connectivity index (χ4v) is 4.61. The third-order valence-corrected chi connectivity index (χ3v) is 6.38. The molecule has 0 fully saturated rings. The summed E-state index contributed by atoms with van der Waals surface area (Å²) in [7, 11) is -5.02. The minimum Gasteiger partial charge on any atom is -0.366 e. The van der Waals surface area contributed by atoms with Gasteiger partial charge in [0.25, 0.3) is 5.24 Å². The van der Waals surface area contributed by atoms with Gasteiger partial charge in [0.05, 0.1) is 0 Å². The summed E-state index contributed by atoms with van der Waals surface area (Å²) in [5, 5.41) is -1.81. The zero-order valence-corrected chi connectivity index (χ0v) is 20.6. The van der Waals surface area contributed by atoms with Crippen molar-refractivity contribution >= 4 is 27.3 Å². The van der Waals surface area contributed by atoms with Crippen LogP contribution in [0.15, 0.2) is 12.1 Å². The second-order valence-electron chi connectivity index (χ2n) is 7.75. The molecular weight excluding hydrogens is 605 g/mol. The fraction of sp³-hybridized carbons (Fsp3) is 0.611. The molecule has 5 nitrogen and oxygen atoms in total. The Morgan fingerprint density at radius 2 is 1.21 bits per heavy atom. The molecule has 0 unspecified atom stereocenters. The maximum Gasteiger partial charge on any atom is 0.460 e. The molecule has 0 heterocycles. The third-order valence-electron chi connectivity index (χ3n) is 4.65. The van der Waals surface area contributed by atoms with Crippen molar-refractivity contribution in [3.05, 3.63) is 28.8 Å². The second-order valence-corrected chi connectivity index (χ2v) is 10.1. The van der Waals surface area contributed by atoms with Crippen molar-refractivity contribution < 1.29 is 74.5 Å². The molecule has 20 heteroatoms. The lowest BCUT2D eigenvalue weighted by Crippen LogP contribution is -2.70. The minimum atomic E-state index is -8.03. The number of halogens is 13. The van der Waals surface area contributed by atoms with E-state index in [1.54, 1.807) is 6.92 Å². The van der Waals surface area contributed by atoms with Crippen LogP contribution < -0.4 is 8.91 Å².